The van der Waals surface area contributed by atoms with Crippen LogP contribution in [0.15, 0.2) is 61.2 Å². The summed E-state index contributed by atoms with van der Waals surface area (Å²) < 4.78 is 2.17. The van der Waals surface area contributed by atoms with E-state index >= 15 is 0 Å². The average Bonchev–Trinajstić information content (AvgIpc) is 2.32. The molecule has 0 aliphatic rings. The van der Waals surface area contributed by atoms with Gasteiger partial charge in [-0.25, -0.2) is 0 Å². The molecule has 0 aromatic heterocycles. The normalized spacial score (nSPS) is 12.4. The lowest BCUT2D eigenvalue weighted by Gasteiger charge is -2.10. The van der Waals surface area contributed by atoms with Crippen molar-refractivity contribution >= 4 is 43.6 Å². The Bertz CT molecular complexity index is 538. The fourth-order valence-electron chi connectivity index (χ4n) is 1.58. The molecule has 0 amide bonds. The molecule has 0 heterocycles. The van der Waals surface area contributed by atoms with Gasteiger partial charge in [-0.3, -0.25) is 0 Å². The second-order valence-electron chi connectivity index (χ2n) is 4.03. The summed E-state index contributed by atoms with van der Waals surface area (Å²) in [6.45, 7) is 1.99. The van der Waals surface area contributed by atoms with Crippen molar-refractivity contribution in [1.29, 1.82) is 0 Å². The largest absolute Gasteiger partial charge is 0.324 e. The molecule has 1 nitrogen and oxygen atoms in total. The minimum atomic E-state index is 0.0473. The molecule has 0 spiro atoms. The highest BCUT2D eigenvalue weighted by molar-refractivity contribution is 9.10. The van der Waals surface area contributed by atoms with Gasteiger partial charge >= 0.3 is 0 Å². The van der Waals surface area contributed by atoms with E-state index in [0.717, 1.165) is 14.5 Å². The molecule has 0 bridgehead atoms. The van der Waals surface area contributed by atoms with Gasteiger partial charge in [0, 0.05) is 24.8 Å². The summed E-state index contributed by atoms with van der Waals surface area (Å²) in [5, 5.41) is 0. The van der Waals surface area contributed by atoms with Crippen molar-refractivity contribution < 1.29 is 0 Å². The van der Waals surface area contributed by atoms with E-state index in [1.807, 2.05) is 19.1 Å². The molecule has 18 heavy (non-hydrogen) atoms. The molecular weight excluding hydrogens is 374 g/mol. The first-order chi connectivity index (χ1) is 8.56. The van der Waals surface area contributed by atoms with Gasteiger partial charge in [0.2, 0.25) is 0 Å². The zero-order valence-corrected chi connectivity index (χ0v) is 13.8. The summed E-state index contributed by atoms with van der Waals surface area (Å²) in [5.74, 6) is 0. The summed E-state index contributed by atoms with van der Waals surface area (Å²) in [6, 6.07) is 14.6. The molecule has 4 heteroatoms. The summed E-state index contributed by atoms with van der Waals surface area (Å²) in [5.41, 5.74) is 7.03. The van der Waals surface area contributed by atoms with Crippen LogP contribution < -0.4 is 5.73 Å². The van der Waals surface area contributed by atoms with Crippen LogP contribution in [0.3, 0.4) is 0 Å². The van der Waals surface area contributed by atoms with Gasteiger partial charge in [0.1, 0.15) is 0 Å². The maximum absolute atomic E-state index is 5.89. The molecule has 2 N–H and O–H groups in total. The third-order valence-electron chi connectivity index (χ3n) is 2.51. The Balaban J connectivity index is 2.20. The lowest BCUT2D eigenvalue weighted by Crippen LogP contribution is -2.05. The van der Waals surface area contributed by atoms with Gasteiger partial charge < -0.3 is 5.73 Å². The van der Waals surface area contributed by atoms with Crippen LogP contribution in [-0.2, 0) is 0 Å². The molecule has 0 aliphatic heterocycles. The van der Waals surface area contributed by atoms with Crippen LogP contribution in [-0.4, -0.2) is 0 Å². The minimum absolute atomic E-state index is 0.0473. The molecule has 1 atom stereocenters. The van der Waals surface area contributed by atoms with E-state index in [1.54, 1.807) is 11.8 Å². The summed E-state index contributed by atoms with van der Waals surface area (Å²) in [4.78, 5) is 2.42. The van der Waals surface area contributed by atoms with E-state index in [0.29, 0.717) is 0 Å². The van der Waals surface area contributed by atoms with Crippen LogP contribution in [0.5, 0.6) is 0 Å². The fraction of sp³-hybridized carbons (Fsp3) is 0.143. The second-order valence-corrected chi connectivity index (χ2v) is 6.94. The number of rotatable bonds is 3. The van der Waals surface area contributed by atoms with Gasteiger partial charge in [-0.05, 0) is 48.9 Å². The Kier molecular flexibility index (Phi) is 4.90. The third-order valence-corrected chi connectivity index (χ3v) is 4.72. The van der Waals surface area contributed by atoms with E-state index in [4.69, 9.17) is 5.73 Å². The average molecular weight is 387 g/mol. The van der Waals surface area contributed by atoms with Gasteiger partial charge in [0.05, 0.1) is 0 Å². The lowest BCUT2D eigenvalue weighted by molar-refractivity contribution is 0.811. The quantitative estimate of drug-likeness (QED) is 0.765. The highest BCUT2D eigenvalue weighted by Gasteiger charge is 2.06. The molecule has 0 saturated carbocycles. The van der Waals surface area contributed by atoms with Crippen molar-refractivity contribution in [3.63, 3.8) is 0 Å². The number of benzene rings is 2. The molecule has 0 saturated heterocycles. The second kappa shape index (κ2) is 6.24. The fourth-order valence-corrected chi connectivity index (χ4v) is 3.59. The van der Waals surface area contributed by atoms with Crippen molar-refractivity contribution in [2.24, 2.45) is 5.73 Å². The maximum Gasteiger partial charge on any atom is 0.0277 e. The van der Waals surface area contributed by atoms with Gasteiger partial charge in [-0.15, -0.1) is 0 Å². The maximum atomic E-state index is 5.89. The molecule has 2 aromatic rings. The summed E-state index contributed by atoms with van der Waals surface area (Å²) >= 11 is 8.75. The molecule has 0 aliphatic carbocycles. The van der Waals surface area contributed by atoms with E-state index in [1.165, 1.54) is 9.79 Å². The first kappa shape index (κ1) is 14.1. The zero-order chi connectivity index (χ0) is 13.1. The highest BCUT2D eigenvalue weighted by Crippen LogP contribution is 2.32. The SMILES string of the molecule is C[C@H](N)c1ccc(Sc2ccc(Br)cc2)cc1Br. The first-order valence-corrected chi connectivity index (χ1v) is 7.95. The Morgan fingerprint density at radius 2 is 1.61 bits per heavy atom. The van der Waals surface area contributed by atoms with Gasteiger partial charge in [-0.1, -0.05) is 49.7 Å². The molecule has 0 fully saturated rings. The van der Waals surface area contributed by atoms with Gasteiger partial charge in [0.15, 0.2) is 0 Å². The monoisotopic (exact) mass is 385 g/mol. The molecule has 0 radical (unpaired) electrons. The van der Waals surface area contributed by atoms with Crippen LogP contribution >= 0.6 is 43.6 Å². The molecular formula is C14H13Br2NS. The molecule has 2 aromatic carbocycles. The van der Waals surface area contributed by atoms with Gasteiger partial charge in [0.25, 0.3) is 0 Å². The number of hydrogen-bond acceptors (Lipinski definition) is 2. The van der Waals surface area contributed by atoms with Crippen molar-refractivity contribution in [2.45, 2.75) is 22.8 Å². The molecule has 2 rings (SSSR count). The minimum Gasteiger partial charge on any atom is -0.324 e. The molecule has 94 valence electrons. The van der Waals surface area contributed by atoms with Crippen molar-refractivity contribution in [3.8, 4) is 0 Å². The van der Waals surface area contributed by atoms with Crippen LogP contribution in [0.4, 0.5) is 0 Å². The zero-order valence-electron chi connectivity index (χ0n) is 9.86. The summed E-state index contributed by atoms with van der Waals surface area (Å²) in [6.07, 6.45) is 0. The van der Waals surface area contributed by atoms with E-state index in [9.17, 15) is 0 Å². The topological polar surface area (TPSA) is 26.0 Å². The summed E-state index contributed by atoms with van der Waals surface area (Å²) in [7, 11) is 0. The van der Waals surface area contributed by atoms with E-state index in [-0.39, 0.29) is 6.04 Å². The van der Waals surface area contributed by atoms with Crippen LogP contribution in [0, 0.1) is 0 Å². The van der Waals surface area contributed by atoms with Crippen LogP contribution in [0.1, 0.15) is 18.5 Å². The van der Waals surface area contributed by atoms with E-state index < -0.39 is 0 Å². The Hall–Kier alpha value is -0.290. The Morgan fingerprint density at radius 3 is 2.17 bits per heavy atom. The van der Waals surface area contributed by atoms with Crippen molar-refractivity contribution in [2.75, 3.05) is 0 Å². The third kappa shape index (κ3) is 3.60. The Labute approximate surface area is 128 Å². The lowest BCUT2D eigenvalue weighted by atomic mass is 10.1. The molecule has 0 unspecified atom stereocenters. The predicted molar refractivity (Wildman–Crippen MR) is 85.0 cm³/mol. The van der Waals surface area contributed by atoms with Gasteiger partial charge in [-0.2, -0.15) is 0 Å². The highest BCUT2D eigenvalue weighted by atomic mass is 79.9. The predicted octanol–water partition coefficient (Wildman–Crippen LogP) is 5.38. The Morgan fingerprint density at radius 1 is 1.00 bits per heavy atom. The standard InChI is InChI=1S/C14H13Br2NS/c1-9(17)13-7-6-12(8-14(13)16)18-11-4-2-10(15)3-5-11/h2-9H,17H2,1H3/t9-/m0/s1. The van der Waals surface area contributed by atoms with Crippen LogP contribution in [0.2, 0.25) is 0 Å². The van der Waals surface area contributed by atoms with Crippen molar-refractivity contribution in [3.05, 3.63) is 57.0 Å². The number of nitrogens with two attached hydrogens (primary N) is 1. The van der Waals surface area contributed by atoms with Crippen LogP contribution in [0.25, 0.3) is 0 Å². The first-order valence-electron chi connectivity index (χ1n) is 5.54. The smallest absolute Gasteiger partial charge is 0.0277 e. The van der Waals surface area contributed by atoms with Crippen molar-refractivity contribution in [1.82, 2.24) is 0 Å². The van der Waals surface area contributed by atoms with E-state index in [2.05, 4.69) is 62.2 Å². The number of hydrogen-bond donors (Lipinski definition) is 1. The number of halogens is 2.